The van der Waals surface area contributed by atoms with Crippen LogP contribution in [-0.4, -0.2) is 26.9 Å². The second-order valence-electron chi connectivity index (χ2n) is 12.1. The molecule has 38 heavy (non-hydrogen) atoms. The van der Waals surface area contributed by atoms with Crippen LogP contribution >= 0.6 is 0 Å². The van der Waals surface area contributed by atoms with Crippen molar-refractivity contribution in [1.82, 2.24) is 0 Å². The van der Waals surface area contributed by atoms with Crippen LogP contribution in [0.5, 0.6) is 5.75 Å². The van der Waals surface area contributed by atoms with Gasteiger partial charge in [0.15, 0.2) is 11.6 Å². The van der Waals surface area contributed by atoms with Crippen LogP contribution in [0.25, 0.3) is 16.7 Å². The number of rotatable bonds is 4. The number of aryl methyl sites for hydroxylation is 1. The first-order valence-electron chi connectivity index (χ1n) is 13.3. The molecule has 0 amide bonds. The van der Waals surface area contributed by atoms with Crippen molar-refractivity contribution in [1.29, 1.82) is 0 Å². The van der Waals surface area contributed by atoms with Gasteiger partial charge in [-0.2, -0.15) is 0 Å². The number of hydrogen-bond donors (Lipinski definition) is 3. The average molecular weight is 513 g/mol. The highest BCUT2D eigenvalue weighted by Crippen LogP contribution is 2.67. The van der Waals surface area contributed by atoms with Crippen LogP contribution in [-0.2, 0) is 22.4 Å². The van der Waals surface area contributed by atoms with Gasteiger partial charge in [-0.3, -0.25) is 9.59 Å². The van der Waals surface area contributed by atoms with Gasteiger partial charge in [0, 0.05) is 23.0 Å². The van der Waals surface area contributed by atoms with E-state index in [0.29, 0.717) is 29.6 Å². The molecule has 5 heteroatoms. The highest BCUT2D eigenvalue weighted by molar-refractivity contribution is 6.23. The third-order valence-corrected chi connectivity index (χ3v) is 9.42. The van der Waals surface area contributed by atoms with Gasteiger partial charge in [0.2, 0.25) is 0 Å². The molecule has 3 N–H and O–H groups in total. The highest BCUT2D eigenvalue weighted by Gasteiger charge is 2.65. The molecule has 5 rings (SSSR count). The van der Waals surface area contributed by atoms with Crippen LogP contribution in [0.2, 0.25) is 0 Å². The van der Waals surface area contributed by atoms with E-state index in [2.05, 4.69) is 44.7 Å². The Morgan fingerprint density at radius 3 is 2.42 bits per heavy atom. The van der Waals surface area contributed by atoms with Crippen LogP contribution in [0, 0.1) is 16.2 Å². The second-order valence-corrected chi connectivity index (χ2v) is 12.1. The molecule has 0 aliphatic heterocycles. The van der Waals surface area contributed by atoms with Gasteiger partial charge in [0.1, 0.15) is 17.3 Å². The number of aromatic hydroxyl groups is 1. The predicted octanol–water partition coefficient (Wildman–Crippen LogP) is 7.19. The summed E-state index contributed by atoms with van der Waals surface area (Å²) >= 11 is 0. The molecule has 0 unspecified atom stereocenters. The maximum atomic E-state index is 13.8. The molecule has 3 aliphatic carbocycles. The monoisotopic (exact) mass is 512 g/mol. The van der Waals surface area contributed by atoms with Crippen molar-refractivity contribution >= 4 is 17.1 Å². The summed E-state index contributed by atoms with van der Waals surface area (Å²) in [4.78, 5) is 26.1. The summed E-state index contributed by atoms with van der Waals surface area (Å²) in [6, 6.07) is 12.0. The zero-order valence-corrected chi connectivity index (χ0v) is 22.9. The van der Waals surface area contributed by atoms with E-state index in [4.69, 9.17) is 0 Å². The Hall–Kier alpha value is -3.60. The zero-order valence-electron chi connectivity index (χ0n) is 22.9. The van der Waals surface area contributed by atoms with Crippen LogP contribution in [0.4, 0.5) is 0 Å². The molecule has 0 heterocycles. The minimum Gasteiger partial charge on any atom is -0.511 e. The van der Waals surface area contributed by atoms with Crippen LogP contribution in [0.3, 0.4) is 0 Å². The number of ketones is 2. The maximum Gasteiger partial charge on any atom is 0.183 e. The lowest BCUT2D eigenvalue weighted by atomic mass is 9.44. The van der Waals surface area contributed by atoms with Gasteiger partial charge in [0.25, 0.3) is 0 Å². The Labute approximate surface area is 224 Å². The Balaban J connectivity index is 1.74. The van der Waals surface area contributed by atoms with E-state index in [-0.39, 0.29) is 29.3 Å². The molecular weight excluding hydrogens is 476 g/mol. The van der Waals surface area contributed by atoms with Gasteiger partial charge in [-0.05, 0) is 72.4 Å². The van der Waals surface area contributed by atoms with E-state index >= 15 is 0 Å². The molecule has 0 fully saturated rings. The third kappa shape index (κ3) is 3.37. The molecule has 2 aromatic rings. The summed E-state index contributed by atoms with van der Waals surface area (Å²) in [6.45, 7) is 13.4. The largest absolute Gasteiger partial charge is 0.511 e. The highest BCUT2D eigenvalue weighted by atomic mass is 16.3. The fourth-order valence-electron chi connectivity index (χ4n) is 7.55. The minimum absolute atomic E-state index is 0.0798. The zero-order chi connectivity index (χ0) is 27.8. The summed E-state index contributed by atoms with van der Waals surface area (Å²) < 4.78 is 0. The van der Waals surface area contributed by atoms with Crippen molar-refractivity contribution < 1.29 is 24.9 Å². The lowest BCUT2D eigenvalue weighted by molar-refractivity contribution is -0.138. The van der Waals surface area contributed by atoms with Gasteiger partial charge in [-0.15, -0.1) is 0 Å². The Kier molecular flexibility index (Phi) is 5.79. The quantitative estimate of drug-likeness (QED) is 0.377. The van der Waals surface area contributed by atoms with Gasteiger partial charge in [-0.25, -0.2) is 0 Å². The lowest BCUT2D eigenvalue weighted by Gasteiger charge is -2.58. The van der Waals surface area contributed by atoms with E-state index in [1.165, 1.54) is 12.5 Å². The lowest BCUT2D eigenvalue weighted by Crippen LogP contribution is -2.56. The number of carbonyl (C=O) groups excluding carboxylic acids is 2. The van der Waals surface area contributed by atoms with Crippen LogP contribution in [0.15, 0.2) is 65.6 Å². The molecule has 3 atom stereocenters. The summed E-state index contributed by atoms with van der Waals surface area (Å²) in [5, 5.41) is 33.7. The summed E-state index contributed by atoms with van der Waals surface area (Å²) in [7, 11) is 0. The van der Waals surface area contributed by atoms with Crippen LogP contribution in [0.1, 0.15) is 70.6 Å². The van der Waals surface area contributed by atoms with Crippen molar-refractivity contribution in [2.45, 2.75) is 66.7 Å². The number of aliphatic hydroxyl groups excluding tert-OH is 2. The Morgan fingerprint density at radius 2 is 1.76 bits per heavy atom. The molecular formula is C33H36O5. The number of Topliss-reactive ketones (excluding diaryl/α,β-unsaturated/α-hetero) is 2. The molecule has 198 valence electrons. The fraction of sp³-hybridized carbons (Fsp3) is 0.394. The number of carbonyl (C=O) groups is 2. The topological polar surface area (TPSA) is 94.8 Å². The average Bonchev–Trinajstić information content (AvgIpc) is 2.81. The summed E-state index contributed by atoms with van der Waals surface area (Å²) in [5.41, 5.74) is 2.83. The van der Waals surface area contributed by atoms with Crippen molar-refractivity contribution in [3.05, 3.63) is 82.3 Å². The van der Waals surface area contributed by atoms with E-state index in [9.17, 15) is 24.9 Å². The van der Waals surface area contributed by atoms with Gasteiger partial charge < -0.3 is 15.3 Å². The number of aliphatic hydroxyl groups is 2. The number of benzene rings is 2. The molecule has 0 spiro atoms. The Morgan fingerprint density at radius 1 is 1.05 bits per heavy atom. The Bertz CT molecular complexity index is 1490. The van der Waals surface area contributed by atoms with Gasteiger partial charge in [-0.1, -0.05) is 64.1 Å². The van der Waals surface area contributed by atoms with E-state index in [0.717, 1.165) is 29.5 Å². The second kappa shape index (κ2) is 8.45. The number of phenolic OH excluding ortho intramolecular Hbond substituents is 1. The molecule has 2 aromatic carbocycles. The minimum atomic E-state index is -1.41. The van der Waals surface area contributed by atoms with E-state index in [1.807, 2.05) is 13.0 Å². The molecule has 5 nitrogen and oxygen atoms in total. The number of hydrogen-bond acceptors (Lipinski definition) is 5. The first-order valence-corrected chi connectivity index (χ1v) is 13.3. The molecule has 3 aliphatic rings. The smallest absolute Gasteiger partial charge is 0.183 e. The SMILES string of the molecule is C=C1C2=C(O)[C@]3(C)C(=O)C(C(C)=O)=C(O)C[C@]3(C)C[C@]2(C)Cc2c(-c3cccc(CCC)c3)ccc(O)c21. The molecule has 0 saturated heterocycles. The maximum absolute atomic E-state index is 13.8. The van der Waals surface area contributed by atoms with Crippen molar-refractivity contribution in [3.63, 3.8) is 0 Å². The molecule has 0 bridgehead atoms. The van der Waals surface area contributed by atoms with Crippen molar-refractivity contribution in [2.75, 3.05) is 0 Å². The number of phenols is 1. The molecule has 0 saturated carbocycles. The van der Waals surface area contributed by atoms with Crippen LogP contribution < -0.4 is 0 Å². The first kappa shape index (κ1) is 26.0. The predicted molar refractivity (Wildman–Crippen MR) is 149 cm³/mol. The number of allylic oxidation sites excluding steroid dienone is 5. The third-order valence-electron chi connectivity index (χ3n) is 9.42. The van der Waals surface area contributed by atoms with Crippen molar-refractivity contribution in [2.24, 2.45) is 16.2 Å². The standard InChI is InChI=1S/C33H36O5/c1-7-9-20-10-8-11-21(14-20)22-12-13-24(35)26-18(2)28-30(38)33(6)29(37)27(19(3)34)25(36)16-32(33,5)17-31(28,4)15-23(22)26/h8,10-14,35-36,38H,2,7,9,15-17H2,1,3-6H3/t31-,32+,33-/m0/s1. The first-order chi connectivity index (χ1) is 17.8. The molecule has 0 aromatic heterocycles. The van der Waals surface area contributed by atoms with E-state index < -0.39 is 27.8 Å². The summed E-state index contributed by atoms with van der Waals surface area (Å²) in [5.74, 6) is -1.31. The van der Waals surface area contributed by atoms with Gasteiger partial charge >= 0.3 is 0 Å². The summed E-state index contributed by atoms with van der Waals surface area (Å²) in [6.07, 6.45) is 3.14. The van der Waals surface area contributed by atoms with E-state index in [1.54, 1.807) is 13.0 Å². The molecule has 0 radical (unpaired) electrons. The van der Waals surface area contributed by atoms with Crippen molar-refractivity contribution in [3.8, 4) is 16.9 Å². The van der Waals surface area contributed by atoms with Gasteiger partial charge in [0.05, 0.1) is 11.0 Å². The number of fused-ring (bicyclic) bond motifs is 3. The normalized spacial score (nSPS) is 28.7. The fourth-order valence-corrected chi connectivity index (χ4v) is 7.55.